The summed E-state index contributed by atoms with van der Waals surface area (Å²) in [6, 6.07) is 0. The summed E-state index contributed by atoms with van der Waals surface area (Å²) in [6.45, 7) is 2.92. The lowest BCUT2D eigenvalue weighted by Gasteiger charge is -1.83. The maximum Gasteiger partial charge on any atom is 0.283 e. The lowest BCUT2D eigenvalue weighted by molar-refractivity contribution is -0.107. The van der Waals surface area contributed by atoms with E-state index in [1.165, 1.54) is 0 Å². The molecule has 0 bridgehead atoms. The summed E-state index contributed by atoms with van der Waals surface area (Å²) in [4.78, 5) is 10.0. The molecule has 0 fully saturated rings. The molecule has 0 heterocycles. The number of nitrogens with two attached hydrogens (primary N) is 1. The topological polar surface area (TPSA) is 77.2 Å². The molecule has 4 nitrogen and oxygen atoms in total. The fourth-order valence-electron chi connectivity index (χ4n) is 0.116. The molecule has 0 aliphatic heterocycles. The second-order valence-corrected chi connectivity index (χ2v) is 2.56. The van der Waals surface area contributed by atoms with Gasteiger partial charge in [0.15, 0.2) is 0 Å². The molecule has 0 amide bonds. The van der Waals surface area contributed by atoms with Gasteiger partial charge in [0.1, 0.15) is 0 Å². The van der Waals surface area contributed by atoms with Gasteiger partial charge < -0.3 is 0 Å². The molecule has 2 N–H and O–H groups in total. The standard InChI is InChI=1S/C3H5NO3S/c1-2-3(5)8(4,6)7/h2H,1H2,(H2,4,6,7). The van der Waals surface area contributed by atoms with Crippen LogP contribution in [0, 0.1) is 0 Å². The SMILES string of the molecule is C=CC(=O)S(N)(=O)=O. The van der Waals surface area contributed by atoms with Crippen LogP contribution in [0.1, 0.15) is 0 Å². The van der Waals surface area contributed by atoms with Gasteiger partial charge in [0.2, 0.25) is 0 Å². The number of carbonyl (C=O) groups excluding carboxylic acids is 1. The summed E-state index contributed by atoms with van der Waals surface area (Å²) in [5.74, 6) is 0. The third-order valence-electron chi connectivity index (χ3n) is 0.447. The Hall–Kier alpha value is -0.680. The predicted octanol–water partition coefficient (Wildman–Crippen LogP) is -1.01. The first kappa shape index (κ1) is 7.32. The molecule has 0 aromatic heterocycles. The van der Waals surface area contributed by atoms with E-state index in [9.17, 15) is 13.2 Å². The first-order valence-electron chi connectivity index (χ1n) is 1.67. The highest BCUT2D eigenvalue weighted by Gasteiger charge is 2.09. The van der Waals surface area contributed by atoms with E-state index in [0.717, 1.165) is 0 Å². The van der Waals surface area contributed by atoms with Crippen LogP contribution in [0.15, 0.2) is 12.7 Å². The highest BCUT2D eigenvalue weighted by molar-refractivity contribution is 8.04. The van der Waals surface area contributed by atoms with Crippen molar-refractivity contribution in [3.63, 3.8) is 0 Å². The molecular weight excluding hydrogens is 130 g/mol. The highest BCUT2D eigenvalue weighted by atomic mass is 32.2. The zero-order valence-electron chi connectivity index (χ0n) is 3.99. The zero-order valence-corrected chi connectivity index (χ0v) is 4.81. The minimum atomic E-state index is -4.01. The average Bonchev–Trinajstić information content (AvgIpc) is 1.62. The summed E-state index contributed by atoms with van der Waals surface area (Å²) in [5, 5.41) is 3.19. The molecule has 8 heavy (non-hydrogen) atoms. The fraction of sp³-hybridized carbons (Fsp3) is 0. The van der Waals surface area contributed by atoms with E-state index in [2.05, 4.69) is 11.7 Å². The lowest BCUT2D eigenvalue weighted by atomic mass is 10.7. The Morgan fingerprint density at radius 3 is 2.00 bits per heavy atom. The van der Waals surface area contributed by atoms with Crippen LogP contribution >= 0.6 is 0 Å². The van der Waals surface area contributed by atoms with Crippen LogP contribution in [-0.4, -0.2) is 13.5 Å². The van der Waals surface area contributed by atoms with Gasteiger partial charge in [0.25, 0.3) is 15.1 Å². The Morgan fingerprint density at radius 2 is 2.00 bits per heavy atom. The smallest absolute Gasteiger partial charge is 0.275 e. The number of hydrogen-bond donors (Lipinski definition) is 1. The summed E-state index contributed by atoms with van der Waals surface area (Å²) in [6.07, 6.45) is 0.648. The highest BCUT2D eigenvalue weighted by Crippen LogP contribution is 1.79. The number of primary sulfonamides is 1. The quantitative estimate of drug-likeness (QED) is 0.468. The summed E-state index contributed by atoms with van der Waals surface area (Å²) < 4.78 is 19.8. The van der Waals surface area contributed by atoms with Crippen LogP contribution in [0.4, 0.5) is 0 Å². The van der Waals surface area contributed by atoms with Crippen LogP contribution in [0.5, 0.6) is 0 Å². The van der Waals surface area contributed by atoms with Crippen molar-refractivity contribution < 1.29 is 13.2 Å². The molecule has 0 spiro atoms. The Bertz CT molecular complexity index is 203. The van der Waals surface area contributed by atoms with E-state index in [1.54, 1.807) is 0 Å². The summed E-state index contributed by atoms with van der Waals surface area (Å²) in [5.41, 5.74) is 0. The van der Waals surface area contributed by atoms with E-state index in [0.29, 0.717) is 6.08 Å². The average molecular weight is 135 g/mol. The molecule has 46 valence electrons. The van der Waals surface area contributed by atoms with Gasteiger partial charge in [-0.1, -0.05) is 6.58 Å². The Kier molecular flexibility index (Phi) is 1.88. The monoisotopic (exact) mass is 135 g/mol. The van der Waals surface area contributed by atoms with Crippen molar-refractivity contribution in [1.82, 2.24) is 0 Å². The normalized spacial score (nSPS) is 10.6. The van der Waals surface area contributed by atoms with E-state index in [-0.39, 0.29) is 0 Å². The van der Waals surface area contributed by atoms with Crippen LogP contribution in [0.25, 0.3) is 0 Å². The van der Waals surface area contributed by atoms with Crippen molar-refractivity contribution >= 4 is 15.1 Å². The Balaban J connectivity index is 4.53. The van der Waals surface area contributed by atoms with Crippen molar-refractivity contribution in [2.45, 2.75) is 0 Å². The van der Waals surface area contributed by atoms with Gasteiger partial charge in [-0.25, -0.2) is 13.6 Å². The maximum atomic E-state index is 10.0. The molecular formula is C3H5NO3S. The van der Waals surface area contributed by atoms with Crippen molar-refractivity contribution in [3.05, 3.63) is 12.7 Å². The molecule has 0 atom stereocenters. The minimum absolute atomic E-state index is 0.648. The fourth-order valence-corrected chi connectivity index (χ4v) is 0.348. The van der Waals surface area contributed by atoms with Gasteiger partial charge in [-0.05, 0) is 6.08 Å². The molecule has 0 aliphatic carbocycles. The molecule has 0 aromatic rings. The summed E-state index contributed by atoms with van der Waals surface area (Å²) >= 11 is 0. The van der Waals surface area contributed by atoms with E-state index >= 15 is 0 Å². The zero-order chi connectivity index (χ0) is 6.78. The predicted molar refractivity (Wildman–Crippen MR) is 28.3 cm³/mol. The first-order valence-corrected chi connectivity index (χ1v) is 3.22. The van der Waals surface area contributed by atoms with Crippen LogP contribution in [0.2, 0.25) is 0 Å². The molecule has 0 radical (unpaired) electrons. The van der Waals surface area contributed by atoms with Gasteiger partial charge in [-0.15, -0.1) is 0 Å². The van der Waals surface area contributed by atoms with Crippen molar-refractivity contribution in [2.75, 3.05) is 0 Å². The maximum absolute atomic E-state index is 10.0. The van der Waals surface area contributed by atoms with E-state index in [1.807, 2.05) is 0 Å². The first-order chi connectivity index (χ1) is 3.48. The molecule has 5 heteroatoms. The summed E-state index contributed by atoms with van der Waals surface area (Å²) in [7, 11) is -4.01. The van der Waals surface area contributed by atoms with E-state index in [4.69, 9.17) is 0 Å². The molecule has 0 aliphatic rings. The van der Waals surface area contributed by atoms with Gasteiger partial charge >= 0.3 is 0 Å². The Labute approximate surface area is 47.0 Å². The minimum Gasteiger partial charge on any atom is -0.275 e. The van der Waals surface area contributed by atoms with Crippen LogP contribution in [0.3, 0.4) is 0 Å². The van der Waals surface area contributed by atoms with Crippen molar-refractivity contribution in [2.24, 2.45) is 5.14 Å². The van der Waals surface area contributed by atoms with Gasteiger partial charge in [0, 0.05) is 0 Å². The second-order valence-electron chi connectivity index (χ2n) is 1.07. The number of rotatable bonds is 1. The van der Waals surface area contributed by atoms with Crippen LogP contribution in [-0.2, 0) is 14.8 Å². The molecule has 0 saturated carbocycles. The number of carbonyl (C=O) groups is 1. The molecule has 0 aromatic carbocycles. The Morgan fingerprint density at radius 1 is 1.62 bits per heavy atom. The third-order valence-corrected chi connectivity index (χ3v) is 1.17. The number of sulfonamides is 1. The molecule has 0 unspecified atom stereocenters. The van der Waals surface area contributed by atoms with Crippen molar-refractivity contribution in [3.8, 4) is 0 Å². The van der Waals surface area contributed by atoms with Gasteiger partial charge in [-0.2, -0.15) is 0 Å². The molecule has 0 saturated heterocycles. The molecule has 0 rings (SSSR count). The van der Waals surface area contributed by atoms with Crippen LogP contribution < -0.4 is 5.14 Å². The lowest BCUT2D eigenvalue weighted by Crippen LogP contribution is -2.20. The van der Waals surface area contributed by atoms with Gasteiger partial charge in [0.05, 0.1) is 0 Å². The third kappa shape index (κ3) is 1.85. The van der Waals surface area contributed by atoms with Crippen molar-refractivity contribution in [1.29, 1.82) is 0 Å². The van der Waals surface area contributed by atoms with E-state index < -0.39 is 15.1 Å². The van der Waals surface area contributed by atoms with Gasteiger partial charge in [-0.3, -0.25) is 4.79 Å². The second kappa shape index (κ2) is 2.06. The number of hydrogen-bond acceptors (Lipinski definition) is 3. The largest absolute Gasteiger partial charge is 0.283 e.